The second kappa shape index (κ2) is 6.26. The van der Waals surface area contributed by atoms with Gasteiger partial charge in [0.15, 0.2) is 0 Å². The smallest absolute Gasteiger partial charge is 0.243 e. The number of hydrogen-bond donors (Lipinski definition) is 1. The summed E-state index contributed by atoms with van der Waals surface area (Å²) in [4.78, 5) is 0.276. The van der Waals surface area contributed by atoms with Crippen molar-refractivity contribution in [2.24, 2.45) is 0 Å². The summed E-state index contributed by atoms with van der Waals surface area (Å²) < 4.78 is 26.6. The van der Waals surface area contributed by atoms with Crippen molar-refractivity contribution in [2.45, 2.75) is 24.3 Å². The number of nitrogens with zero attached hydrogens (tertiary/aromatic N) is 1. The first kappa shape index (κ1) is 14.8. The molecule has 1 saturated heterocycles. The van der Waals surface area contributed by atoms with Crippen LogP contribution in [-0.4, -0.2) is 42.4 Å². The Morgan fingerprint density at radius 2 is 2.11 bits per heavy atom. The van der Waals surface area contributed by atoms with Crippen molar-refractivity contribution < 1.29 is 13.5 Å². The standard InChI is InChI=1S/C13H19NO3S2/c1-11(15)12-4-2-5-13(10-12)19(16,17)14-6-3-8-18-9-7-14/h2,4-5,10-11,15H,3,6-9H2,1H3. The van der Waals surface area contributed by atoms with Crippen molar-refractivity contribution in [2.75, 3.05) is 24.6 Å². The van der Waals surface area contributed by atoms with Crippen LogP contribution in [0, 0.1) is 0 Å². The molecule has 2 rings (SSSR count). The van der Waals surface area contributed by atoms with Crippen LogP contribution in [0.2, 0.25) is 0 Å². The maximum atomic E-state index is 12.5. The summed E-state index contributed by atoms with van der Waals surface area (Å²) in [5.74, 6) is 1.86. The fourth-order valence-electron chi connectivity index (χ4n) is 2.05. The number of hydrogen-bond acceptors (Lipinski definition) is 4. The Balaban J connectivity index is 2.30. The van der Waals surface area contributed by atoms with Gasteiger partial charge in [0, 0.05) is 18.8 Å². The number of rotatable bonds is 3. The minimum atomic E-state index is -3.43. The van der Waals surface area contributed by atoms with Gasteiger partial charge in [-0.25, -0.2) is 8.42 Å². The second-order valence-corrected chi connectivity index (χ2v) is 7.78. The number of aliphatic hydroxyl groups excluding tert-OH is 1. The third-order valence-corrected chi connectivity index (χ3v) is 6.10. The average Bonchev–Trinajstić information content (AvgIpc) is 2.68. The van der Waals surface area contributed by atoms with Gasteiger partial charge in [0.2, 0.25) is 10.0 Å². The molecule has 4 nitrogen and oxygen atoms in total. The minimum absolute atomic E-state index is 0.276. The molecular formula is C13H19NO3S2. The fourth-order valence-corrected chi connectivity index (χ4v) is 4.58. The lowest BCUT2D eigenvalue weighted by Gasteiger charge is -2.20. The summed E-state index contributed by atoms with van der Waals surface area (Å²) in [7, 11) is -3.43. The van der Waals surface area contributed by atoms with Crippen molar-refractivity contribution in [3.63, 3.8) is 0 Å². The van der Waals surface area contributed by atoms with Gasteiger partial charge in [0.25, 0.3) is 0 Å². The van der Waals surface area contributed by atoms with E-state index in [1.807, 2.05) is 0 Å². The topological polar surface area (TPSA) is 57.6 Å². The third kappa shape index (κ3) is 3.51. The Morgan fingerprint density at radius 1 is 1.32 bits per heavy atom. The lowest BCUT2D eigenvalue weighted by atomic mass is 10.1. The first-order valence-corrected chi connectivity index (χ1v) is 8.97. The molecule has 0 aliphatic carbocycles. The molecule has 1 atom stereocenters. The molecule has 1 aromatic rings. The molecule has 1 N–H and O–H groups in total. The van der Waals surface area contributed by atoms with Crippen LogP contribution < -0.4 is 0 Å². The molecule has 0 bridgehead atoms. The largest absolute Gasteiger partial charge is 0.389 e. The van der Waals surface area contributed by atoms with E-state index in [0.717, 1.165) is 17.9 Å². The van der Waals surface area contributed by atoms with Gasteiger partial charge in [-0.15, -0.1) is 0 Å². The van der Waals surface area contributed by atoms with E-state index in [2.05, 4.69) is 0 Å². The Morgan fingerprint density at radius 3 is 2.84 bits per heavy atom. The van der Waals surface area contributed by atoms with E-state index in [1.165, 1.54) is 0 Å². The highest BCUT2D eigenvalue weighted by molar-refractivity contribution is 7.99. The Bertz CT molecular complexity index is 520. The van der Waals surface area contributed by atoms with E-state index in [4.69, 9.17) is 0 Å². The van der Waals surface area contributed by atoms with E-state index in [1.54, 1.807) is 47.3 Å². The Kier molecular flexibility index (Phi) is 4.89. The van der Waals surface area contributed by atoms with Gasteiger partial charge in [-0.1, -0.05) is 12.1 Å². The molecule has 0 amide bonds. The molecule has 0 saturated carbocycles. The monoisotopic (exact) mass is 301 g/mol. The molecule has 1 unspecified atom stereocenters. The zero-order valence-electron chi connectivity index (χ0n) is 10.9. The van der Waals surface area contributed by atoms with Gasteiger partial charge in [-0.3, -0.25) is 0 Å². The molecule has 1 aliphatic heterocycles. The van der Waals surface area contributed by atoms with Gasteiger partial charge in [0.05, 0.1) is 11.0 Å². The van der Waals surface area contributed by atoms with Crippen LogP contribution >= 0.6 is 11.8 Å². The van der Waals surface area contributed by atoms with E-state index in [0.29, 0.717) is 18.7 Å². The highest BCUT2D eigenvalue weighted by Crippen LogP contribution is 2.22. The molecule has 0 radical (unpaired) electrons. The van der Waals surface area contributed by atoms with Crippen LogP contribution in [0.3, 0.4) is 0 Å². The molecule has 1 aromatic carbocycles. The zero-order valence-corrected chi connectivity index (χ0v) is 12.6. The number of sulfonamides is 1. The van der Waals surface area contributed by atoms with Crippen LogP contribution in [0.25, 0.3) is 0 Å². The van der Waals surface area contributed by atoms with Crippen molar-refractivity contribution in [1.29, 1.82) is 0 Å². The molecule has 19 heavy (non-hydrogen) atoms. The van der Waals surface area contributed by atoms with E-state index in [-0.39, 0.29) is 4.90 Å². The highest BCUT2D eigenvalue weighted by atomic mass is 32.2. The lowest BCUT2D eigenvalue weighted by Crippen LogP contribution is -2.33. The lowest BCUT2D eigenvalue weighted by molar-refractivity contribution is 0.199. The molecule has 1 heterocycles. The third-order valence-electron chi connectivity index (χ3n) is 3.16. The Hall–Kier alpha value is -0.560. The summed E-state index contributed by atoms with van der Waals surface area (Å²) in [5.41, 5.74) is 0.630. The zero-order chi connectivity index (χ0) is 13.9. The van der Waals surface area contributed by atoms with Crippen LogP contribution in [0.4, 0.5) is 0 Å². The van der Waals surface area contributed by atoms with Crippen LogP contribution in [0.15, 0.2) is 29.2 Å². The van der Waals surface area contributed by atoms with Gasteiger partial charge < -0.3 is 5.11 Å². The number of aliphatic hydroxyl groups is 1. The molecule has 106 valence electrons. The van der Waals surface area contributed by atoms with Crippen LogP contribution in [0.1, 0.15) is 25.0 Å². The normalized spacial score (nSPS) is 19.9. The van der Waals surface area contributed by atoms with Gasteiger partial charge in [-0.05, 0) is 36.8 Å². The Labute approximate surface area is 118 Å². The second-order valence-electron chi connectivity index (χ2n) is 4.62. The minimum Gasteiger partial charge on any atom is -0.389 e. The quantitative estimate of drug-likeness (QED) is 0.926. The van der Waals surface area contributed by atoms with Crippen molar-refractivity contribution in [3.05, 3.63) is 29.8 Å². The highest BCUT2D eigenvalue weighted by Gasteiger charge is 2.25. The maximum Gasteiger partial charge on any atom is 0.243 e. The molecular weight excluding hydrogens is 282 g/mol. The molecule has 0 spiro atoms. The SMILES string of the molecule is CC(O)c1cccc(S(=O)(=O)N2CCCSCC2)c1. The first-order chi connectivity index (χ1) is 9.01. The fraction of sp³-hybridized carbons (Fsp3) is 0.538. The molecule has 1 aliphatic rings. The maximum absolute atomic E-state index is 12.5. The summed E-state index contributed by atoms with van der Waals surface area (Å²) in [6.07, 6.45) is 0.231. The predicted molar refractivity (Wildman–Crippen MR) is 77.8 cm³/mol. The van der Waals surface area contributed by atoms with E-state index >= 15 is 0 Å². The first-order valence-electron chi connectivity index (χ1n) is 6.38. The summed E-state index contributed by atoms with van der Waals surface area (Å²) in [6.45, 7) is 2.77. The van der Waals surface area contributed by atoms with Gasteiger partial charge in [-0.2, -0.15) is 16.1 Å². The van der Waals surface area contributed by atoms with Gasteiger partial charge in [0.1, 0.15) is 0 Å². The van der Waals surface area contributed by atoms with E-state index < -0.39 is 16.1 Å². The van der Waals surface area contributed by atoms with Gasteiger partial charge >= 0.3 is 0 Å². The molecule has 1 fully saturated rings. The van der Waals surface area contributed by atoms with Crippen LogP contribution in [0.5, 0.6) is 0 Å². The summed E-state index contributed by atoms with van der Waals surface area (Å²) in [5, 5.41) is 9.56. The van der Waals surface area contributed by atoms with E-state index in [9.17, 15) is 13.5 Å². The van der Waals surface area contributed by atoms with Crippen molar-refractivity contribution in [3.8, 4) is 0 Å². The number of thioether (sulfide) groups is 1. The van der Waals surface area contributed by atoms with Crippen molar-refractivity contribution in [1.82, 2.24) is 4.31 Å². The molecule has 6 heteroatoms. The summed E-state index contributed by atoms with van der Waals surface area (Å²) >= 11 is 1.79. The van der Waals surface area contributed by atoms with Crippen molar-refractivity contribution >= 4 is 21.8 Å². The summed E-state index contributed by atoms with van der Waals surface area (Å²) in [6, 6.07) is 6.58. The number of benzene rings is 1. The predicted octanol–water partition coefficient (Wildman–Crippen LogP) is 1.87. The molecule has 0 aromatic heterocycles. The average molecular weight is 301 g/mol. The van der Waals surface area contributed by atoms with Crippen LogP contribution in [-0.2, 0) is 10.0 Å².